The SMILES string of the molecule is CC1(c2ccc3c(c2)OCO3)NC(=O)N(CC(=O)N2N=C(c3ccco3)CC2c2cccs2)C1=O. The highest BCUT2D eigenvalue weighted by Crippen LogP contribution is 2.39. The molecule has 5 heterocycles. The molecule has 0 bridgehead atoms. The van der Waals surface area contributed by atoms with Crippen molar-refractivity contribution in [1.29, 1.82) is 0 Å². The normalized spacial score (nSPS) is 23.1. The van der Waals surface area contributed by atoms with Gasteiger partial charge in [-0.25, -0.2) is 9.80 Å². The first-order chi connectivity index (χ1) is 16.9. The summed E-state index contributed by atoms with van der Waals surface area (Å²) < 4.78 is 16.2. The average Bonchev–Trinajstić information content (AvgIpc) is 3.67. The van der Waals surface area contributed by atoms with Crippen molar-refractivity contribution in [3.63, 3.8) is 0 Å². The number of amides is 4. The van der Waals surface area contributed by atoms with Gasteiger partial charge in [0, 0.05) is 11.3 Å². The molecule has 1 aromatic carbocycles. The van der Waals surface area contributed by atoms with E-state index < -0.39 is 29.9 Å². The summed E-state index contributed by atoms with van der Waals surface area (Å²) in [5.74, 6) is 0.642. The van der Waals surface area contributed by atoms with Gasteiger partial charge >= 0.3 is 6.03 Å². The van der Waals surface area contributed by atoms with Crippen LogP contribution in [-0.2, 0) is 15.1 Å². The van der Waals surface area contributed by atoms with Crippen molar-refractivity contribution in [1.82, 2.24) is 15.2 Å². The van der Waals surface area contributed by atoms with Crippen LogP contribution in [0.3, 0.4) is 0 Å². The third-order valence-corrected chi connectivity index (χ3v) is 7.33. The zero-order valence-electron chi connectivity index (χ0n) is 18.6. The van der Waals surface area contributed by atoms with E-state index in [0.717, 1.165) is 9.78 Å². The van der Waals surface area contributed by atoms with E-state index in [-0.39, 0.29) is 12.8 Å². The molecule has 2 atom stereocenters. The van der Waals surface area contributed by atoms with Crippen molar-refractivity contribution < 1.29 is 28.3 Å². The minimum absolute atomic E-state index is 0.0954. The number of nitrogens with zero attached hydrogens (tertiary/aromatic N) is 3. The molecule has 0 saturated carbocycles. The Labute approximate surface area is 203 Å². The Morgan fingerprint density at radius 2 is 2.06 bits per heavy atom. The maximum atomic E-state index is 13.4. The number of furan rings is 1. The second kappa shape index (κ2) is 7.98. The van der Waals surface area contributed by atoms with Gasteiger partial charge in [0.05, 0.1) is 12.3 Å². The van der Waals surface area contributed by atoms with Crippen molar-refractivity contribution in [2.75, 3.05) is 13.3 Å². The highest BCUT2D eigenvalue weighted by atomic mass is 32.1. The molecule has 1 fully saturated rings. The number of thiophene rings is 1. The molecule has 0 aliphatic carbocycles. The smallest absolute Gasteiger partial charge is 0.325 e. The Kier molecular flexibility index (Phi) is 4.88. The zero-order chi connectivity index (χ0) is 24.2. The molecule has 4 amide bonds. The summed E-state index contributed by atoms with van der Waals surface area (Å²) in [5.41, 5.74) is -0.186. The van der Waals surface area contributed by atoms with Crippen LogP contribution in [0.2, 0.25) is 0 Å². The van der Waals surface area contributed by atoms with Crippen LogP contribution in [0.4, 0.5) is 4.79 Å². The third-order valence-electron chi connectivity index (χ3n) is 6.36. The van der Waals surface area contributed by atoms with Crippen molar-refractivity contribution >= 4 is 34.9 Å². The molecule has 2 aromatic heterocycles. The first kappa shape index (κ1) is 21.4. The molecule has 3 aliphatic rings. The van der Waals surface area contributed by atoms with Gasteiger partial charge in [-0.05, 0) is 48.2 Å². The number of fused-ring (bicyclic) bond motifs is 1. The van der Waals surface area contributed by atoms with E-state index in [2.05, 4.69) is 10.4 Å². The Bertz CT molecular complexity index is 1350. The fourth-order valence-electron chi connectivity index (χ4n) is 4.49. The number of urea groups is 1. The summed E-state index contributed by atoms with van der Waals surface area (Å²) in [6, 6.07) is 11.4. The molecule has 6 rings (SSSR count). The summed E-state index contributed by atoms with van der Waals surface area (Å²) in [5, 5.41) is 10.5. The summed E-state index contributed by atoms with van der Waals surface area (Å²) in [6.45, 7) is 1.26. The Morgan fingerprint density at radius 1 is 1.20 bits per heavy atom. The molecule has 1 saturated heterocycles. The van der Waals surface area contributed by atoms with E-state index in [1.54, 1.807) is 43.5 Å². The lowest BCUT2D eigenvalue weighted by Crippen LogP contribution is -2.43. The van der Waals surface area contributed by atoms with Crippen molar-refractivity contribution in [3.8, 4) is 11.5 Å². The minimum Gasteiger partial charge on any atom is -0.463 e. The molecule has 10 nitrogen and oxygen atoms in total. The van der Waals surface area contributed by atoms with E-state index in [9.17, 15) is 14.4 Å². The number of nitrogens with one attached hydrogen (secondary N) is 1. The van der Waals surface area contributed by atoms with Gasteiger partial charge in [0.2, 0.25) is 6.79 Å². The average molecular weight is 493 g/mol. The highest BCUT2D eigenvalue weighted by molar-refractivity contribution is 7.10. The molecule has 1 N–H and O–H groups in total. The summed E-state index contributed by atoms with van der Waals surface area (Å²) in [6.07, 6.45) is 2.02. The van der Waals surface area contributed by atoms with Crippen molar-refractivity contribution in [2.45, 2.75) is 24.9 Å². The van der Waals surface area contributed by atoms with Crippen molar-refractivity contribution in [2.24, 2.45) is 5.10 Å². The van der Waals surface area contributed by atoms with Crippen LogP contribution in [0.5, 0.6) is 11.5 Å². The van der Waals surface area contributed by atoms with E-state index >= 15 is 0 Å². The van der Waals surface area contributed by atoms with E-state index in [4.69, 9.17) is 13.9 Å². The number of rotatable bonds is 5. The molecule has 3 aromatic rings. The molecule has 11 heteroatoms. The minimum atomic E-state index is -1.35. The van der Waals surface area contributed by atoms with Crippen LogP contribution in [0.25, 0.3) is 0 Å². The molecule has 3 aliphatic heterocycles. The Hall–Kier alpha value is -4.12. The highest BCUT2D eigenvalue weighted by Gasteiger charge is 2.50. The summed E-state index contributed by atoms with van der Waals surface area (Å²) >= 11 is 1.51. The van der Waals surface area contributed by atoms with Gasteiger partial charge in [-0.2, -0.15) is 5.10 Å². The van der Waals surface area contributed by atoms with Crippen LogP contribution in [0.15, 0.2) is 63.6 Å². The van der Waals surface area contributed by atoms with Crippen LogP contribution < -0.4 is 14.8 Å². The Balaban J connectivity index is 1.26. The van der Waals surface area contributed by atoms with Crippen LogP contribution in [0, 0.1) is 0 Å². The topological polar surface area (TPSA) is 114 Å². The van der Waals surface area contributed by atoms with Crippen molar-refractivity contribution in [3.05, 3.63) is 70.3 Å². The van der Waals surface area contributed by atoms with E-state index in [1.165, 1.54) is 16.3 Å². The standard InChI is InChI=1S/C24H20N4O6S/c1-24(14-6-7-18-19(10-14)34-13-33-18)22(30)27(23(31)25-24)12-21(29)28-16(20-5-3-9-35-20)11-15(26-28)17-4-2-8-32-17/h2-10,16H,11-13H2,1H3,(H,25,31). The second-order valence-electron chi connectivity index (χ2n) is 8.51. The first-order valence-corrected chi connectivity index (χ1v) is 11.8. The van der Waals surface area contributed by atoms with Gasteiger partial charge in [-0.3, -0.25) is 14.5 Å². The molecule has 0 spiro atoms. The predicted octanol–water partition coefficient (Wildman–Crippen LogP) is 3.21. The third kappa shape index (κ3) is 3.46. The molecule has 0 radical (unpaired) electrons. The lowest BCUT2D eigenvalue weighted by molar-refractivity contribution is -0.139. The monoisotopic (exact) mass is 492 g/mol. The fourth-order valence-corrected chi connectivity index (χ4v) is 5.30. The number of benzene rings is 1. The zero-order valence-corrected chi connectivity index (χ0v) is 19.4. The fraction of sp³-hybridized carbons (Fsp3) is 0.250. The number of hydrogen-bond acceptors (Lipinski definition) is 8. The number of carbonyl (C=O) groups excluding carboxylic acids is 3. The number of hydrazone groups is 1. The maximum Gasteiger partial charge on any atom is 0.325 e. The number of hydrogen-bond donors (Lipinski definition) is 1. The van der Waals surface area contributed by atoms with E-state index in [1.807, 2.05) is 17.5 Å². The number of carbonyl (C=O) groups is 3. The quantitative estimate of drug-likeness (QED) is 0.547. The predicted molar refractivity (Wildman–Crippen MR) is 124 cm³/mol. The van der Waals surface area contributed by atoms with Gasteiger partial charge in [-0.15, -0.1) is 11.3 Å². The van der Waals surface area contributed by atoms with Crippen LogP contribution in [0.1, 0.15) is 35.6 Å². The molecule has 178 valence electrons. The second-order valence-corrected chi connectivity index (χ2v) is 9.49. The van der Waals surface area contributed by atoms with Gasteiger partial charge < -0.3 is 19.2 Å². The molecule has 35 heavy (non-hydrogen) atoms. The van der Waals surface area contributed by atoms with Crippen LogP contribution in [-0.4, -0.2) is 46.8 Å². The van der Waals surface area contributed by atoms with E-state index in [0.29, 0.717) is 35.0 Å². The summed E-state index contributed by atoms with van der Waals surface area (Å²) in [7, 11) is 0. The van der Waals surface area contributed by atoms with Gasteiger partial charge in [0.1, 0.15) is 23.6 Å². The van der Waals surface area contributed by atoms with Gasteiger partial charge in [0.25, 0.3) is 11.8 Å². The van der Waals surface area contributed by atoms with Gasteiger partial charge in [0.15, 0.2) is 11.5 Å². The maximum absolute atomic E-state index is 13.4. The number of ether oxygens (including phenoxy) is 2. The summed E-state index contributed by atoms with van der Waals surface area (Å²) in [4.78, 5) is 41.5. The molecule has 2 unspecified atom stereocenters. The largest absolute Gasteiger partial charge is 0.463 e. The lowest BCUT2D eigenvalue weighted by atomic mass is 9.91. The van der Waals surface area contributed by atoms with Gasteiger partial charge in [-0.1, -0.05) is 12.1 Å². The van der Waals surface area contributed by atoms with Crippen LogP contribution >= 0.6 is 11.3 Å². The number of imide groups is 1. The molecular weight excluding hydrogens is 472 g/mol. The molecular formula is C24H20N4O6S. The first-order valence-electron chi connectivity index (χ1n) is 10.9. The Morgan fingerprint density at radius 3 is 2.83 bits per heavy atom. The lowest BCUT2D eigenvalue weighted by Gasteiger charge is -2.24.